The van der Waals surface area contributed by atoms with Crippen molar-refractivity contribution < 1.29 is 19.7 Å². The largest absolute Gasteiger partial charge is 0.504 e. The first-order valence-corrected chi connectivity index (χ1v) is 10.2. The molecule has 1 aromatic carbocycles. The summed E-state index contributed by atoms with van der Waals surface area (Å²) < 4.78 is 7.56. The number of nitrogens with two attached hydrogens (primary N) is 1. The van der Waals surface area contributed by atoms with Gasteiger partial charge in [0.25, 0.3) is 0 Å². The molecule has 0 radical (unpaired) electrons. The summed E-state index contributed by atoms with van der Waals surface area (Å²) in [6, 6.07) is 3.04. The molecule has 0 saturated heterocycles. The van der Waals surface area contributed by atoms with Gasteiger partial charge in [-0.15, -0.1) is 0 Å². The summed E-state index contributed by atoms with van der Waals surface area (Å²) in [4.78, 5) is 12.0. The molecule has 1 fully saturated rings. The second-order valence-electron chi connectivity index (χ2n) is 7.89. The molecule has 1 aliphatic rings. The van der Waals surface area contributed by atoms with Gasteiger partial charge in [0.2, 0.25) is 5.91 Å². The van der Waals surface area contributed by atoms with Crippen molar-refractivity contribution in [3.05, 3.63) is 17.7 Å². The van der Waals surface area contributed by atoms with E-state index < -0.39 is 6.10 Å². The molecule has 7 heteroatoms. The van der Waals surface area contributed by atoms with Crippen LogP contribution >= 0.6 is 16.1 Å². The molecular weight excluding hydrogens is 412 g/mol. The Balaban J connectivity index is 2.52. The van der Waals surface area contributed by atoms with E-state index in [1.807, 2.05) is 0 Å². The lowest BCUT2D eigenvalue weighted by atomic mass is 9.75. The summed E-state index contributed by atoms with van der Waals surface area (Å²) in [5, 5.41) is 20.8. The van der Waals surface area contributed by atoms with Crippen LogP contribution in [-0.2, 0) is 4.79 Å². The van der Waals surface area contributed by atoms with Gasteiger partial charge in [0.15, 0.2) is 11.5 Å². The van der Waals surface area contributed by atoms with Crippen molar-refractivity contribution in [2.75, 3.05) is 10.5 Å². The fourth-order valence-corrected chi connectivity index (χ4v) is 4.22. The minimum Gasteiger partial charge on any atom is -0.504 e. The minimum atomic E-state index is -0.978. The average molecular weight is 443 g/mol. The number of halogens is 1. The molecule has 152 valence electrons. The third kappa shape index (κ3) is 4.95. The average Bonchev–Trinajstić information content (AvgIpc) is 2.61. The fourth-order valence-electron chi connectivity index (χ4n) is 3.85. The van der Waals surface area contributed by atoms with Gasteiger partial charge in [-0.05, 0) is 36.7 Å². The van der Waals surface area contributed by atoms with E-state index in [0.717, 1.165) is 19.3 Å². The predicted molar refractivity (Wildman–Crippen MR) is 110 cm³/mol. The number of amides is 1. The van der Waals surface area contributed by atoms with Crippen molar-refractivity contribution in [1.82, 2.24) is 0 Å². The van der Waals surface area contributed by atoms with E-state index >= 15 is 0 Å². The lowest BCUT2D eigenvalue weighted by molar-refractivity contribution is -0.115. The highest BCUT2D eigenvalue weighted by molar-refractivity contribution is 9.10. The van der Waals surface area contributed by atoms with Crippen LogP contribution in [0.2, 0.25) is 0 Å². The van der Waals surface area contributed by atoms with Gasteiger partial charge in [-0.3, -0.25) is 4.79 Å². The number of carbonyl (C=O) groups excluding carboxylic acids is 1. The molecule has 0 unspecified atom stereocenters. The molecular formula is C20H31BrN2O4. The smallest absolute Gasteiger partial charge is 0.234 e. The van der Waals surface area contributed by atoms with E-state index in [1.165, 1.54) is 16.9 Å². The third-order valence-corrected chi connectivity index (χ3v) is 6.28. The normalized spacial score (nSPS) is 23.9. The number of ether oxygens (including phenoxy) is 1. The van der Waals surface area contributed by atoms with Gasteiger partial charge in [-0.25, -0.2) is 3.93 Å². The number of hydrogen-bond acceptors (Lipinski definition) is 5. The van der Waals surface area contributed by atoms with Gasteiger partial charge in [-0.2, -0.15) is 0 Å². The van der Waals surface area contributed by atoms with Crippen molar-refractivity contribution in [3.8, 4) is 11.5 Å². The van der Waals surface area contributed by atoms with E-state index in [9.17, 15) is 15.0 Å². The Morgan fingerprint density at radius 2 is 2.07 bits per heavy atom. The Bertz CT molecular complexity index is 668. The number of phenols is 1. The Hall–Kier alpha value is -1.31. The van der Waals surface area contributed by atoms with Crippen LogP contribution in [0.15, 0.2) is 12.1 Å². The fraction of sp³-hybridized carbons (Fsp3) is 0.650. The number of phenolic OH excluding ortho intramolecular Hbond substituents is 1. The molecule has 0 bridgehead atoms. The van der Waals surface area contributed by atoms with Crippen molar-refractivity contribution in [2.45, 2.75) is 59.2 Å². The molecule has 2 rings (SSSR count). The summed E-state index contributed by atoms with van der Waals surface area (Å²) in [7, 11) is 0. The SMILES string of the molecule is CC(=O)N(Br)c1c([C@H](O)CN)ccc(O)c1O[C@@H]1C[C@@H](C)CC[C@@H]1C(C)C. The molecule has 0 aliphatic heterocycles. The monoisotopic (exact) mass is 442 g/mol. The number of anilines is 1. The number of aliphatic hydroxyl groups is 1. The number of nitrogens with zero attached hydrogens (tertiary/aromatic N) is 1. The van der Waals surface area contributed by atoms with Gasteiger partial charge in [0.05, 0.1) is 22.3 Å². The molecule has 0 heterocycles. The molecule has 1 aromatic rings. The lowest BCUT2D eigenvalue weighted by Gasteiger charge is -2.38. The maximum Gasteiger partial charge on any atom is 0.234 e. The highest BCUT2D eigenvalue weighted by Crippen LogP contribution is 2.46. The third-order valence-electron chi connectivity index (χ3n) is 5.43. The number of rotatable bonds is 6. The van der Waals surface area contributed by atoms with Crippen molar-refractivity contribution in [3.63, 3.8) is 0 Å². The summed E-state index contributed by atoms with van der Waals surface area (Å²) in [6.07, 6.45) is 2.05. The van der Waals surface area contributed by atoms with E-state index in [2.05, 4.69) is 36.9 Å². The zero-order valence-electron chi connectivity index (χ0n) is 16.5. The minimum absolute atomic E-state index is 0.00889. The molecule has 4 atom stereocenters. The predicted octanol–water partition coefficient (Wildman–Crippen LogP) is 3.89. The quantitative estimate of drug-likeness (QED) is 0.580. The highest BCUT2D eigenvalue weighted by atomic mass is 79.9. The van der Waals surface area contributed by atoms with Crippen molar-refractivity contribution in [1.29, 1.82) is 0 Å². The number of carbonyl (C=O) groups is 1. The zero-order valence-corrected chi connectivity index (χ0v) is 18.1. The number of hydrogen-bond donors (Lipinski definition) is 3. The van der Waals surface area contributed by atoms with Crippen LogP contribution in [-0.4, -0.2) is 28.8 Å². The van der Waals surface area contributed by atoms with E-state index in [0.29, 0.717) is 29.0 Å². The maximum absolute atomic E-state index is 12.0. The molecule has 1 saturated carbocycles. The Kier molecular flexibility index (Phi) is 7.54. The first-order valence-electron chi connectivity index (χ1n) is 9.54. The topological polar surface area (TPSA) is 96.0 Å². The standard InChI is InChI=1S/C20H31BrN2O4/c1-11(2)14-6-5-12(3)9-18(14)27-20-16(25)8-7-15(17(26)10-22)19(20)23(21)13(4)24/h7-8,11-12,14,17-18,25-26H,5-6,9-10,22H2,1-4H3/t12-,14+,17+,18+/m0/s1. The molecule has 4 N–H and O–H groups in total. The first-order chi connectivity index (χ1) is 12.7. The molecule has 0 spiro atoms. The number of aliphatic hydroxyl groups excluding tert-OH is 1. The van der Waals surface area contributed by atoms with E-state index in [-0.39, 0.29) is 30.1 Å². The van der Waals surface area contributed by atoms with Crippen molar-refractivity contribution >= 4 is 27.7 Å². The van der Waals surface area contributed by atoms with Crippen LogP contribution in [0.4, 0.5) is 5.69 Å². The van der Waals surface area contributed by atoms with Crippen LogP contribution in [0.1, 0.15) is 58.6 Å². The lowest BCUT2D eigenvalue weighted by Crippen LogP contribution is -2.37. The molecule has 0 aromatic heterocycles. The van der Waals surface area contributed by atoms with Crippen LogP contribution in [0.5, 0.6) is 11.5 Å². The number of aromatic hydroxyl groups is 1. The molecule has 1 aliphatic carbocycles. The van der Waals surface area contributed by atoms with E-state index in [1.54, 1.807) is 6.07 Å². The molecule has 27 heavy (non-hydrogen) atoms. The zero-order chi connectivity index (χ0) is 20.3. The van der Waals surface area contributed by atoms with Gasteiger partial charge in [0, 0.05) is 19.0 Å². The summed E-state index contributed by atoms with van der Waals surface area (Å²) in [6.45, 7) is 7.94. The molecule has 6 nitrogen and oxygen atoms in total. The van der Waals surface area contributed by atoms with Crippen molar-refractivity contribution in [2.24, 2.45) is 23.5 Å². The summed E-state index contributed by atoms with van der Waals surface area (Å²) in [5.41, 5.74) is 6.37. The Morgan fingerprint density at radius 1 is 1.41 bits per heavy atom. The van der Waals surface area contributed by atoms with Crippen LogP contribution in [0.25, 0.3) is 0 Å². The first kappa shape index (κ1) is 22.0. The summed E-state index contributed by atoms with van der Waals surface area (Å²) >= 11 is 3.25. The maximum atomic E-state index is 12.0. The van der Waals surface area contributed by atoms with Gasteiger partial charge in [-0.1, -0.05) is 33.3 Å². The van der Waals surface area contributed by atoms with Crippen LogP contribution < -0.4 is 14.4 Å². The van der Waals surface area contributed by atoms with Crippen LogP contribution in [0, 0.1) is 17.8 Å². The van der Waals surface area contributed by atoms with Crippen LogP contribution in [0.3, 0.4) is 0 Å². The van der Waals surface area contributed by atoms with E-state index in [4.69, 9.17) is 10.5 Å². The summed E-state index contributed by atoms with van der Waals surface area (Å²) in [5.74, 6) is 1.17. The molecule has 1 amide bonds. The Morgan fingerprint density at radius 3 is 2.63 bits per heavy atom. The second kappa shape index (κ2) is 9.26. The van der Waals surface area contributed by atoms with Gasteiger partial charge in [0.1, 0.15) is 11.8 Å². The Labute approximate surface area is 170 Å². The van der Waals surface area contributed by atoms with Gasteiger partial charge < -0.3 is 20.7 Å². The highest BCUT2D eigenvalue weighted by Gasteiger charge is 2.35. The van der Waals surface area contributed by atoms with Gasteiger partial charge >= 0.3 is 0 Å². The second-order valence-corrected chi connectivity index (χ2v) is 8.59. The number of benzene rings is 1.